The van der Waals surface area contributed by atoms with Crippen molar-refractivity contribution in [2.75, 3.05) is 13.2 Å². The van der Waals surface area contributed by atoms with E-state index in [2.05, 4.69) is 10.3 Å². The quantitative estimate of drug-likeness (QED) is 0.840. The molecule has 1 amide bonds. The number of nitrogens with zero attached hydrogens (tertiary/aromatic N) is 1. The lowest BCUT2D eigenvalue weighted by atomic mass is 10.0. The summed E-state index contributed by atoms with van der Waals surface area (Å²) in [5, 5.41) is 5.60. The number of aryl methyl sites for hydroxylation is 1. The van der Waals surface area contributed by atoms with E-state index < -0.39 is 5.97 Å². The Kier molecular flexibility index (Phi) is 5.10. The molecule has 1 atom stereocenters. The van der Waals surface area contributed by atoms with Gasteiger partial charge >= 0.3 is 5.97 Å². The van der Waals surface area contributed by atoms with Crippen molar-refractivity contribution in [3.63, 3.8) is 0 Å². The molecule has 1 aromatic heterocycles. The zero-order valence-corrected chi connectivity index (χ0v) is 14.1. The van der Waals surface area contributed by atoms with Crippen LogP contribution in [0.25, 0.3) is 0 Å². The van der Waals surface area contributed by atoms with Crippen LogP contribution in [0.5, 0.6) is 5.75 Å². The topological polar surface area (TPSA) is 77.5 Å². The largest absolute Gasteiger partial charge is 0.493 e. The van der Waals surface area contributed by atoms with Crippen molar-refractivity contribution < 1.29 is 19.1 Å². The molecular formula is C17H18N2O4S. The highest BCUT2D eigenvalue weighted by Gasteiger charge is 2.23. The van der Waals surface area contributed by atoms with Gasteiger partial charge in [-0.15, -0.1) is 11.3 Å². The number of thiazole rings is 1. The van der Waals surface area contributed by atoms with E-state index in [1.165, 1.54) is 11.3 Å². The molecule has 1 aromatic carbocycles. The molecule has 126 valence electrons. The summed E-state index contributed by atoms with van der Waals surface area (Å²) in [6, 6.07) is 7.48. The smallest absolute Gasteiger partial charge is 0.312 e. The third kappa shape index (κ3) is 4.11. The normalized spacial score (nSPS) is 16.0. The second-order valence-electron chi connectivity index (χ2n) is 5.49. The summed E-state index contributed by atoms with van der Waals surface area (Å²) in [4.78, 5) is 28.0. The first-order chi connectivity index (χ1) is 11.6. The number of carbonyl (C=O) groups is 2. The monoisotopic (exact) mass is 346 g/mol. The molecule has 0 saturated carbocycles. The Bertz CT molecular complexity index is 744. The molecule has 0 bridgehead atoms. The molecular weight excluding hydrogens is 328 g/mol. The lowest BCUT2D eigenvalue weighted by Crippen LogP contribution is -2.35. The van der Waals surface area contributed by atoms with Crippen molar-refractivity contribution in [2.45, 2.75) is 25.8 Å². The number of nitrogens with one attached hydrogen (secondary N) is 1. The molecule has 24 heavy (non-hydrogen) atoms. The van der Waals surface area contributed by atoms with Crippen LogP contribution in [0.15, 0.2) is 29.6 Å². The highest BCUT2D eigenvalue weighted by Crippen LogP contribution is 2.31. The summed E-state index contributed by atoms with van der Waals surface area (Å²) < 4.78 is 10.6. The van der Waals surface area contributed by atoms with Crippen LogP contribution in [-0.4, -0.2) is 30.1 Å². The van der Waals surface area contributed by atoms with Crippen LogP contribution in [0.1, 0.15) is 28.7 Å². The van der Waals surface area contributed by atoms with Crippen LogP contribution < -0.4 is 10.1 Å². The SMILES string of the molecule is Cc1nc(CC(=O)OCC(=O)NC2CCOc3ccccc32)cs1. The molecule has 1 aliphatic heterocycles. The number of hydrogen-bond donors (Lipinski definition) is 1. The van der Waals surface area contributed by atoms with Crippen LogP contribution in [0.3, 0.4) is 0 Å². The molecule has 7 heteroatoms. The van der Waals surface area contributed by atoms with E-state index in [1.807, 2.05) is 36.6 Å². The zero-order valence-electron chi connectivity index (χ0n) is 13.3. The summed E-state index contributed by atoms with van der Waals surface area (Å²) in [6.07, 6.45) is 0.770. The van der Waals surface area contributed by atoms with E-state index in [0.29, 0.717) is 18.7 Å². The van der Waals surface area contributed by atoms with Crippen LogP contribution in [-0.2, 0) is 20.7 Å². The summed E-state index contributed by atoms with van der Waals surface area (Å²) in [5.74, 6) is 0.00675. The second-order valence-corrected chi connectivity index (χ2v) is 6.55. The number of ether oxygens (including phenoxy) is 2. The molecule has 1 aliphatic rings. The summed E-state index contributed by atoms with van der Waals surface area (Å²) in [6.45, 7) is 2.13. The molecule has 1 unspecified atom stereocenters. The van der Waals surface area contributed by atoms with Gasteiger partial charge in [-0.3, -0.25) is 9.59 Å². The number of benzene rings is 1. The fourth-order valence-corrected chi connectivity index (χ4v) is 3.17. The predicted molar refractivity (Wildman–Crippen MR) is 89.0 cm³/mol. The van der Waals surface area contributed by atoms with Gasteiger partial charge < -0.3 is 14.8 Å². The number of rotatable bonds is 5. The molecule has 0 fully saturated rings. The molecule has 0 aliphatic carbocycles. The van der Waals surface area contributed by atoms with Gasteiger partial charge in [0.1, 0.15) is 5.75 Å². The minimum atomic E-state index is -0.456. The van der Waals surface area contributed by atoms with Gasteiger partial charge in [0.25, 0.3) is 5.91 Å². The van der Waals surface area contributed by atoms with E-state index in [-0.39, 0.29) is 25.0 Å². The first-order valence-electron chi connectivity index (χ1n) is 7.69. The van der Waals surface area contributed by atoms with Crippen molar-refractivity contribution in [1.29, 1.82) is 0 Å². The maximum Gasteiger partial charge on any atom is 0.312 e. The van der Waals surface area contributed by atoms with E-state index in [9.17, 15) is 9.59 Å². The van der Waals surface area contributed by atoms with Gasteiger partial charge in [0.15, 0.2) is 6.61 Å². The average Bonchev–Trinajstić information content (AvgIpc) is 2.98. The molecule has 0 spiro atoms. The van der Waals surface area contributed by atoms with Gasteiger partial charge in [-0.25, -0.2) is 4.98 Å². The van der Waals surface area contributed by atoms with Crippen LogP contribution >= 0.6 is 11.3 Å². The minimum Gasteiger partial charge on any atom is -0.493 e. The Hall–Kier alpha value is -2.41. The first-order valence-corrected chi connectivity index (χ1v) is 8.57. The van der Waals surface area contributed by atoms with Gasteiger partial charge in [0.05, 0.1) is 29.8 Å². The Balaban J connectivity index is 1.49. The van der Waals surface area contributed by atoms with Crippen molar-refractivity contribution in [3.05, 3.63) is 45.9 Å². The fraction of sp³-hybridized carbons (Fsp3) is 0.353. The second kappa shape index (κ2) is 7.44. The average molecular weight is 346 g/mol. The minimum absolute atomic E-state index is 0.0811. The number of amides is 1. The third-order valence-corrected chi connectivity index (χ3v) is 4.47. The van der Waals surface area contributed by atoms with E-state index in [0.717, 1.165) is 16.3 Å². The van der Waals surface area contributed by atoms with Gasteiger partial charge in [0.2, 0.25) is 0 Å². The van der Waals surface area contributed by atoms with Gasteiger partial charge in [-0.1, -0.05) is 18.2 Å². The van der Waals surface area contributed by atoms with Gasteiger partial charge in [-0.2, -0.15) is 0 Å². The Morgan fingerprint density at radius 2 is 2.25 bits per heavy atom. The molecule has 0 saturated heterocycles. The molecule has 2 heterocycles. The lowest BCUT2D eigenvalue weighted by molar-refractivity contribution is -0.148. The Morgan fingerprint density at radius 1 is 1.42 bits per heavy atom. The highest BCUT2D eigenvalue weighted by molar-refractivity contribution is 7.09. The van der Waals surface area contributed by atoms with E-state index in [4.69, 9.17) is 9.47 Å². The maximum atomic E-state index is 12.0. The van der Waals surface area contributed by atoms with Crippen LogP contribution in [0.4, 0.5) is 0 Å². The number of aromatic nitrogens is 1. The van der Waals surface area contributed by atoms with Crippen LogP contribution in [0.2, 0.25) is 0 Å². The van der Waals surface area contributed by atoms with E-state index >= 15 is 0 Å². The summed E-state index contributed by atoms with van der Waals surface area (Å²) >= 11 is 1.48. The lowest BCUT2D eigenvalue weighted by Gasteiger charge is -2.26. The molecule has 0 radical (unpaired) electrons. The number of esters is 1. The molecule has 6 nitrogen and oxygen atoms in total. The summed E-state index contributed by atoms with van der Waals surface area (Å²) in [7, 11) is 0. The highest BCUT2D eigenvalue weighted by atomic mass is 32.1. The van der Waals surface area contributed by atoms with E-state index in [1.54, 1.807) is 0 Å². The standard InChI is InChI=1S/C17H18N2O4S/c1-11-18-12(10-24-11)8-17(21)23-9-16(20)19-14-6-7-22-15-5-3-2-4-13(14)15/h2-5,10,14H,6-9H2,1H3,(H,19,20). The zero-order chi connectivity index (χ0) is 16.9. The van der Waals surface area contributed by atoms with Gasteiger partial charge in [0, 0.05) is 17.4 Å². The number of carbonyl (C=O) groups excluding carboxylic acids is 2. The van der Waals surface area contributed by atoms with Crippen molar-refractivity contribution in [1.82, 2.24) is 10.3 Å². The molecule has 3 rings (SSSR count). The first kappa shape index (κ1) is 16.4. The number of para-hydroxylation sites is 1. The summed E-state index contributed by atoms with van der Waals surface area (Å²) in [5.41, 5.74) is 1.61. The Labute approximate surface area is 143 Å². The number of fused-ring (bicyclic) bond motifs is 1. The number of hydrogen-bond acceptors (Lipinski definition) is 6. The third-order valence-electron chi connectivity index (χ3n) is 3.65. The van der Waals surface area contributed by atoms with Crippen molar-refractivity contribution in [2.24, 2.45) is 0 Å². The fourth-order valence-electron chi connectivity index (χ4n) is 2.56. The van der Waals surface area contributed by atoms with Crippen molar-refractivity contribution in [3.8, 4) is 5.75 Å². The molecule has 2 aromatic rings. The maximum absolute atomic E-state index is 12.0. The van der Waals surface area contributed by atoms with Crippen molar-refractivity contribution >= 4 is 23.2 Å². The molecule has 1 N–H and O–H groups in total. The Morgan fingerprint density at radius 3 is 3.04 bits per heavy atom. The van der Waals surface area contributed by atoms with Crippen LogP contribution in [0, 0.1) is 6.92 Å². The predicted octanol–water partition coefficient (Wildman–Crippen LogP) is 2.18. The van der Waals surface area contributed by atoms with Gasteiger partial charge in [-0.05, 0) is 13.0 Å².